The molecule has 1 aromatic heterocycles. The van der Waals surface area contributed by atoms with Crippen LogP contribution in [-0.2, 0) is 0 Å². The fraction of sp³-hybridized carbons (Fsp3) is 0.545. The summed E-state index contributed by atoms with van der Waals surface area (Å²) in [7, 11) is 3.40. The summed E-state index contributed by atoms with van der Waals surface area (Å²) in [5, 5.41) is 11.2. The number of nitrogens with zero attached hydrogens (tertiary/aromatic N) is 3. The summed E-state index contributed by atoms with van der Waals surface area (Å²) in [5.74, 6) is 0.628. The van der Waals surface area contributed by atoms with Gasteiger partial charge in [-0.1, -0.05) is 0 Å². The lowest BCUT2D eigenvalue weighted by Gasteiger charge is -2.26. The lowest BCUT2D eigenvalue weighted by atomic mass is 9.93. The Morgan fingerprint density at radius 1 is 1.38 bits per heavy atom. The van der Waals surface area contributed by atoms with E-state index in [-0.39, 0.29) is 5.91 Å². The molecule has 16 heavy (non-hydrogen) atoms. The molecule has 1 aliphatic rings. The van der Waals surface area contributed by atoms with Gasteiger partial charge in [-0.25, -0.2) is 0 Å². The van der Waals surface area contributed by atoms with Crippen LogP contribution in [0.3, 0.4) is 0 Å². The summed E-state index contributed by atoms with van der Waals surface area (Å²) < 4.78 is 0. The fourth-order valence-electron chi connectivity index (χ4n) is 1.51. The van der Waals surface area contributed by atoms with Crippen LogP contribution in [0.15, 0.2) is 12.1 Å². The lowest BCUT2D eigenvalue weighted by molar-refractivity contribution is 0.0821. The molecule has 5 heteroatoms. The molecule has 0 atom stereocenters. The summed E-state index contributed by atoms with van der Waals surface area (Å²) in [5.41, 5.74) is 0.379. The second kappa shape index (κ2) is 4.47. The predicted octanol–water partition coefficient (Wildman–Crippen LogP) is 1.14. The van der Waals surface area contributed by atoms with Crippen LogP contribution in [0.1, 0.15) is 29.8 Å². The van der Waals surface area contributed by atoms with E-state index in [1.165, 1.54) is 24.2 Å². The predicted molar refractivity (Wildman–Crippen MR) is 61.3 cm³/mol. The smallest absolute Gasteiger partial charge is 0.273 e. The van der Waals surface area contributed by atoms with Gasteiger partial charge in [-0.3, -0.25) is 4.79 Å². The van der Waals surface area contributed by atoms with Gasteiger partial charge in [-0.2, -0.15) is 0 Å². The molecule has 1 fully saturated rings. The number of carbonyl (C=O) groups excluding carboxylic acids is 1. The van der Waals surface area contributed by atoms with Crippen molar-refractivity contribution in [2.24, 2.45) is 0 Å². The zero-order valence-corrected chi connectivity index (χ0v) is 9.60. The molecule has 1 heterocycles. The topological polar surface area (TPSA) is 58.1 Å². The Morgan fingerprint density at radius 2 is 2.12 bits per heavy atom. The van der Waals surface area contributed by atoms with Crippen molar-refractivity contribution in [2.45, 2.75) is 25.3 Å². The van der Waals surface area contributed by atoms with E-state index in [0.29, 0.717) is 11.7 Å². The Bertz CT molecular complexity index is 370. The molecule has 0 radical (unpaired) electrons. The number of rotatable bonds is 3. The van der Waals surface area contributed by atoms with E-state index in [0.717, 1.165) is 5.82 Å². The standard InChI is InChI=1S/C11H16N4O/c1-15(2)11(16)9-6-7-10(14-13-9)12-8-4-3-5-8/h6-8H,3-5H2,1-2H3,(H,12,14). The summed E-state index contributed by atoms with van der Waals surface area (Å²) in [4.78, 5) is 13.0. The number of hydrogen-bond donors (Lipinski definition) is 1. The third kappa shape index (κ3) is 2.29. The van der Waals surface area contributed by atoms with Crippen molar-refractivity contribution in [1.82, 2.24) is 15.1 Å². The Hall–Kier alpha value is -1.65. The maximum Gasteiger partial charge on any atom is 0.273 e. The van der Waals surface area contributed by atoms with Gasteiger partial charge in [0.15, 0.2) is 5.69 Å². The number of amides is 1. The van der Waals surface area contributed by atoms with Crippen molar-refractivity contribution in [3.8, 4) is 0 Å². The largest absolute Gasteiger partial charge is 0.366 e. The molecule has 86 valence electrons. The third-order valence-electron chi connectivity index (χ3n) is 2.75. The molecule has 0 spiro atoms. The first-order valence-corrected chi connectivity index (χ1v) is 5.49. The van der Waals surface area contributed by atoms with Crippen molar-refractivity contribution in [3.63, 3.8) is 0 Å². The van der Waals surface area contributed by atoms with E-state index in [2.05, 4.69) is 15.5 Å². The summed E-state index contributed by atoms with van der Waals surface area (Å²) in [6.45, 7) is 0. The monoisotopic (exact) mass is 220 g/mol. The highest BCUT2D eigenvalue weighted by atomic mass is 16.2. The maximum absolute atomic E-state index is 11.5. The molecule has 0 aromatic carbocycles. The van der Waals surface area contributed by atoms with Crippen LogP contribution in [-0.4, -0.2) is 41.1 Å². The van der Waals surface area contributed by atoms with Gasteiger partial charge in [0.1, 0.15) is 5.82 Å². The van der Waals surface area contributed by atoms with Crippen molar-refractivity contribution in [1.29, 1.82) is 0 Å². The van der Waals surface area contributed by atoms with E-state index in [1.807, 2.05) is 6.07 Å². The lowest BCUT2D eigenvalue weighted by Crippen LogP contribution is -2.28. The van der Waals surface area contributed by atoms with Gasteiger partial charge in [-0.15, -0.1) is 10.2 Å². The van der Waals surface area contributed by atoms with Gasteiger partial charge in [0, 0.05) is 20.1 Å². The quantitative estimate of drug-likeness (QED) is 0.830. The molecule has 2 rings (SSSR count). The molecule has 0 saturated heterocycles. The molecule has 0 bridgehead atoms. The molecule has 1 aromatic rings. The van der Waals surface area contributed by atoms with Gasteiger partial charge in [0.2, 0.25) is 0 Å². The van der Waals surface area contributed by atoms with Gasteiger partial charge in [0.05, 0.1) is 0 Å². The van der Waals surface area contributed by atoms with Gasteiger partial charge >= 0.3 is 0 Å². The summed E-state index contributed by atoms with van der Waals surface area (Å²) in [6, 6.07) is 4.04. The minimum absolute atomic E-state index is 0.123. The Morgan fingerprint density at radius 3 is 2.56 bits per heavy atom. The molecule has 0 aliphatic heterocycles. The van der Waals surface area contributed by atoms with Crippen LogP contribution in [0.5, 0.6) is 0 Å². The molecule has 1 N–H and O–H groups in total. The molecule has 1 amide bonds. The van der Waals surface area contributed by atoms with Crippen LogP contribution >= 0.6 is 0 Å². The molecule has 0 unspecified atom stereocenters. The first-order valence-electron chi connectivity index (χ1n) is 5.49. The molecule has 5 nitrogen and oxygen atoms in total. The Kier molecular flexibility index (Phi) is 3.03. The molecular weight excluding hydrogens is 204 g/mol. The second-order valence-electron chi connectivity index (χ2n) is 4.28. The number of aromatic nitrogens is 2. The first kappa shape index (κ1) is 10.9. The number of nitrogens with one attached hydrogen (secondary N) is 1. The van der Waals surface area contributed by atoms with E-state index in [1.54, 1.807) is 20.2 Å². The zero-order valence-electron chi connectivity index (χ0n) is 9.60. The minimum atomic E-state index is -0.123. The average molecular weight is 220 g/mol. The van der Waals surface area contributed by atoms with Crippen molar-refractivity contribution in [2.75, 3.05) is 19.4 Å². The summed E-state index contributed by atoms with van der Waals surface area (Å²) in [6.07, 6.45) is 3.67. The molecular formula is C11H16N4O. The van der Waals surface area contributed by atoms with E-state index in [4.69, 9.17) is 0 Å². The van der Waals surface area contributed by atoms with Gasteiger partial charge in [0.25, 0.3) is 5.91 Å². The SMILES string of the molecule is CN(C)C(=O)c1ccc(NC2CCC2)nn1. The van der Waals surface area contributed by atoms with Crippen molar-refractivity contribution >= 4 is 11.7 Å². The highest BCUT2D eigenvalue weighted by Crippen LogP contribution is 2.21. The second-order valence-corrected chi connectivity index (χ2v) is 4.28. The Labute approximate surface area is 94.9 Å². The normalized spacial score (nSPS) is 15.4. The number of anilines is 1. The van der Waals surface area contributed by atoms with E-state index in [9.17, 15) is 4.79 Å². The van der Waals surface area contributed by atoms with Gasteiger partial charge in [-0.05, 0) is 31.4 Å². The minimum Gasteiger partial charge on any atom is -0.366 e. The van der Waals surface area contributed by atoms with Crippen LogP contribution < -0.4 is 5.32 Å². The molecule has 1 saturated carbocycles. The highest BCUT2D eigenvalue weighted by Gasteiger charge is 2.17. The maximum atomic E-state index is 11.5. The Balaban J connectivity index is 2.00. The molecule has 1 aliphatic carbocycles. The average Bonchev–Trinajstić information content (AvgIpc) is 2.23. The van der Waals surface area contributed by atoms with Crippen molar-refractivity contribution in [3.05, 3.63) is 17.8 Å². The first-order chi connectivity index (χ1) is 7.66. The van der Waals surface area contributed by atoms with Gasteiger partial charge < -0.3 is 10.2 Å². The number of carbonyl (C=O) groups is 1. The highest BCUT2D eigenvalue weighted by molar-refractivity contribution is 5.91. The fourth-order valence-corrected chi connectivity index (χ4v) is 1.51. The zero-order chi connectivity index (χ0) is 11.5. The number of hydrogen-bond acceptors (Lipinski definition) is 4. The van der Waals surface area contributed by atoms with Crippen molar-refractivity contribution < 1.29 is 4.79 Å². The van der Waals surface area contributed by atoms with Crippen LogP contribution in [0.25, 0.3) is 0 Å². The van der Waals surface area contributed by atoms with Crippen LogP contribution in [0.4, 0.5) is 5.82 Å². The summed E-state index contributed by atoms with van der Waals surface area (Å²) >= 11 is 0. The van der Waals surface area contributed by atoms with E-state index >= 15 is 0 Å². The van der Waals surface area contributed by atoms with E-state index < -0.39 is 0 Å². The third-order valence-corrected chi connectivity index (χ3v) is 2.75. The van der Waals surface area contributed by atoms with Crippen LogP contribution in [0, 0.1) is 0 Å². The van der Waals surface area contributed by atoms with Crippen LogP contribution in [0.2, 0.25) is 0 Å².